The molecule has 0 radical (unpaired) electrons. The van der Waals surface area contributed by atoms with Crippen molar-refractivity contribution in [1.82, 2.24) is 5.32 Å². The van der Waals surface area contributed by atoms with Gasteiger partial charge in [-0.3, -0.25) is 9.59 Å². The van der Waals surface area contributed by atoms with E-state index in [1.165, 1.54) is 0 Å². The largest absolute Gasteiger partial charge is 0.469 e. The number of esters is 2. The van der Waals surface area contributed by atoms with Gasteiger partial charge in [-0.1, -0.05) is 0 Å². The molecule has 0 saturated carbocycles. The second-order valence-electron chi connectivity index (χ2n) is 3.96. The molecular formula is C13H13F2NO5. The van der Waals surface area contributed by atoms with E-state index in [1.54, 1.807) is 0 Å². The van der Waals surface area contributed by atoms with Crippen molar-refractivity contribution >= 4 is 17.8 Å². The molecular weight excluding hydrogens is 288 g/mol. The lowest BCUT2D eigenvalue weighted by atomic mass is 10.1. The molecule has 0 aromatic heterocycles. The highest BCUT2D eigenvalue weighted by Crippen LogP contribution is 2.09. The van der Waals surface area contributed by atoms with Crippen LogP contribution in [0.15, 0.2) is 18.2 Å². The second-order valence-corrected chi connectivity index (χ2v) is 3.96. The summed E-state index contributed by atoms with van der Waals surface area (Å²) in [5.74, 6) is -4.77. The molecule has 114 valence electrons. The Bertz CT molecular complexity index is 561. The molecule has 1 N–H and O–H groups in total. The fraction of sp³-hybridized carbons (Fsp3) is 0.308. The number of nitrogens with one attached hydrogen (secondary N) is 1. The molecule has 1 amide bonds. The number of methoxy groups -OCH3 is 2. The van der Waals surface area contributed by atoms with E-state index >= 15 is 0 Å². The molecule has 0 bridgehead atoms. The molecule has 0 aliphatic rings. The Labute approximate surface area is 119 Å². The lowest BCUT2D eigenvalue weighted by Crippen LogP contribution is -2.43. The third-order valence-corrected chi connectivity index (χ3v) is 2.57. The minimum Gasteiger partial charge on any atom is -0.469 e. The molecule has 0 saturated heterocycles. The topological polar surface area (TPSA) is 81.7 Å². The summed E-state index contributed by atoms with van der Waals surface area (Å²) in [7, 11) is 2.20. The van der Waals surface area contributed by atoms with Crippen LogP contribution in [0.5, 0.6) is 0 Å². The van der Waals surface area contributed by atoms with Gasteiger partial charge in [-0.25, -0.2) is 13.6 Å². The molecule has 21 heavy (non-hydrogen) atoms. The van der Waals surface area contributed by atoms with Crippen molar-refractivity contribution in [3.05, 3.63) is 35.4 Å². The first-order valence-corrected chi connectivity index (χ1v) is 5.79. The Morgan fingerprint density at radius 1 is 1.14 bits per heavy atom. The predicted molar refractivity (Wildman–Crippen MR) is 66.3 cm³/mol. The number of benzene rings is 1. The fourth-order valence-electron chi connectivity index (χ4n) is 1.46. The second kappa shape index (κ2) is 7.32. The Hall–Kier alpha value is -2.51. The van der Waals surface area contributed by atoms with Gasteiger partial charge < -0.3 is 14.8 Å². The average Bonchev–Trinajstić information content (AvgIpc) is 2.48. The minimum absolute atomic E-state index is 0.201. The van der Waals surface area contributed by atoms with Gasteiger partial charge in [0.05, 0.1) is 20.6 Å². The average molecular weight is 301 g/mol. The summed E-state index contributed by atoms with van der Waals surface area (Å²) in [5.41, 5.74) is -0.201. The number of hydrogen-bond acceptors (Lipinski definition) is 5. The summed E-state index contributed by atoms with van der Waals surface area (Å²) in [6.07, 6.45) is -0.446. The van der Waals surface area contributed by atoms with Crippen molar-refractivity contribution < 1.29 is 32.6 Å². The van der Waals surface area contributed by atoms with Crippen molar-refractivity contribution in [1.29, 1.82) is 0 Å². The highest BCUT2D eigenvalue weighted by atomic mass is 19.2. The number of carbonyl (C=O) groups excluding carboxylic acids is 3. The Morgan fingerprint density at radius 2 is 1.81 bits per heavy atom. The quantitative estimate of drug-likeness (QED) is 0.814. The summed E-state index contributed by atoms with van der Waals surface area (Å²) in [6.45, 7) is 0. The number of rotatable bonds is 5. The SMILES string of the molecule is COC(=O)C[C@@H](NC(=O)c1ccc(F)c(F)c1)C(=O)OC. The van der Waals surface area contributed by atoms with Crippen LogP contribution < -0.4 is 5.32 Å². The maximum Gasteiger partial charge on any atom is 0.328 e. The standard InChI is InChI=1S/C13H13F2NO5/c1-20-11(17)6-10(13(19)21-2)16-12(18)7-3-4-8(14)9(15)5-7/h3-5,10H,6H2,1-2H3,(H,16,18)/t10-/m1/s1. The van der Waals surface area contributed by atoms with Crippen molar-refractivity contribution in [3.63, 3.8) is 0 Å². The smallest absolute Gasteiger partial charge is 0.328 e. The van der Waals surface area contributed by atoms with Crippen LogP contribution in [0.1, 0.15) is 16.8 Å². The van der Waals surface area contributed by atoms with Crippen molar-refractivity contribution in [2.24, 2.45) is 0 Å². The zero-order valence-electron chi connectivity index (χ0n) is 11.3. The van der Waals surface area contributed by atoms with Crippen LogP contribution in [0.25, 0.3) is 0 Å². The van der Waals surface area contributed by atoms with E-state index in [4.69, 9.17) is 0 Å². The first-order chi connectivity index (χ1) is 9.88. The van der Waals surface area contributed by atoms with Gasteiger partial charge in [0.25, 0.3) is 5.91 Å². The Kier molecular flexibility index (Phi) is 5.77. The molecule has 0 aliphatic carbocycles. The molecule has 1 atom stereocenters. The lowest BCUT2D eigenvalue weighted by molar-refractivity contribution is -0.149. The van der Waals surface area contributed by atoms with E-state index in [2.05, 4.69) is 14.8 Å². The summed E-state index contributed by atoms with van der Waals surface area (Å²) in [5, 5.41) is 2.19. The Balaban J connectivity index is 2.86. The predicted octanol–water partition coefficient (Wildman–Crippen LogP) is 0.799. The van der Waals surface area contributed by atoms with Gasteiger partial charge in [0.15, 0.2) is 11.6 Å². The summed E-state index contributed by atoms with van der Waals surface area (Å²) < 4.78 is 34.7. The zero-order valence-corrected chi connectivity index (χ0v) is 11.3. The van der Waals surface area contributed by atoms with E-state index < -0.39 is 41.9 Å². The van der Waals surface area contributed by atoms with E-state index in [-0.39, 0.29) is 5.56 Å². The zero-order chi connectivity index (χ0) is 16.0. The van der Waals surface area contributed by atoms with E-state index in [9.17, 15) is 23.2 Å². The third-order valence-electron chi connectivity index (χ3n) is 2.57. The highest BCUT2D eigenvalue weighted by Gasteiger charge is 2.25. The summed E-state index contributed by atoms with van der Waals surface area (Å²) in [4.78, 5) is 34.5. The lowest BCUT2D eigenvalue weighted by Gasteiger charge is -2.15. The summed E-state index contributed by atoms with van der Waals surface area (Å²) in [6, 6.07) is 1.21. The Morgan fingerprint density at radius 3 is 2.33 bits per heavy atom. The van der Waals surface area contributed by atoms with Crippen LogP contribution in [0.3, 0.4) is 0 Å². The molecule has 0 fully saturated rings. The maximum atomic E-state index is 13.0. The number of halogens is 2. The van der Waals surface area contributed by atoms with Crippen molar-refractivity contribution in [3.8, 4) is 0 Å². The monoisotopic (exact) mass is 301 g/mol. The first-order valence-electron chi connectivity index (χ1n) is 5.79. The van der Waals surface area contributed by atoms with Gasteiger partial charge in [-0.15, -0.1) is 0 Å². The normalized spacial score (nSPS) is 11.4. The minimum atomic E-state index is -1.29. The van der Waals surface area contributed by atoms with Gasteiger partial charge in [0.2, 0.25) is 0 Å². The molecule has 0 aliphatic heterocycles. The van der Waals surface area contributed by atoms with Crippen LogP contribution >= 0.6 is 0 Å². The fourth-order valence-corrected chi connectivity index (χ4v) is 1.46. The molecule has 0 unspecified atom stereocenters. The van der Waals surface area contributed by atoms with Gasteiger partial charge in [0.1, 0.15) is 6.04 Å². The molecule has 0 heterocycles. The van der Waals surface area contributed by atoms with Crippen LogP contribution in [0.2, 0.25) is 0 Å². The van der Waals surface area contributed by atoms with Gasteiger partial charge >= 0.3 is 11.9 Å². The van der Waals surface area contributed by atoms with Crippen LogP contribution in [-0.4, -0.2) is 38.1 Å². The number of amides is 1. The van der Waals surface area contributed by atoms with Crippen LogP contribution in [0.4, 0.5) is 8.78 Å². The number of ether oxygens (including phenoxy) is 2. The molecule has 1 aromatic carbocycles. The molecule has 1 rings (SSSR count). The number of carbonyl (C=O) groups is 3. The first kappa shape index (κ1) is 16.5. The van der Waals surface area contributed by atoms with Crippen LogP contribution in [-0.2, 0) is 19.1 Å². The molecule has 0 spiro atoms. The van der Waals surface area contributed by atoms with E-state index in [1.807, 2.05) is 0 Å². The van der Waals surface area contributed by atoms with Gasteiger partial charge in [0, 0.05) is 5.56 Å². The van der Waals surface area contributed by atoms with E-state index in [0.29, 0.717) is 6.07 Å². The van der Waals surface area contributed by atoms with Gasteiger partial charge in [-0.05, 0) is 18.2 Å². The maximum absolute atomic E-state index is 13.0. The molecule has 6 nitrogen and oxygen atoms in total. The summed E-state index contributed by atoms with van der Waals surface area (Å²) >= 11 is 0. The molecule has 8 heteroatoms. The van der Waals surface area contributed by atoms with Crippen molar-refractivity contribution in [2.75, 3.05) is 14.2 Å². The number of hydrogen-bond donors (Lipinski definition) is 1. The third kappa shape index (κ3) is 4.51. The van der Waals surface area contributed by atoms with Crippen molar-refractivity contribution in [2.45, 2.75) is 12.5 Å². The van der Waals surface area contributed by atoms with E-state index in [0.717, 1.165) is 26.4 Å². The van der Waals surface area contributed by atoms with Gasteiger partial charge in [-0.2, -0.15) is 0 Å². The molecule has 1 aromatic rings. The van der Waals surface area contributed by atoms with Crippen LogP contribution in [0, 0.1) is 11.6 Å². The highest BCUT2D eigenvalue weighted by molar-refractivity contribution is 5.97.